The molecule has 0 amide bonds. The molecular weight excluding hydrogens is 332 g/mol. The predicted molar refractivity (Wildman–Crippen MR) is 102 cm³/mol. The van der Waals surface area contributed by atoms with Crippen LogP contribution in [0.1, 0.15) is 5.69 Å². The number of rotatable bonds is 5. The Balaban J connectivity index is 1.43. The van der Waals surface area contributed by atoms with Crippen molar-refractivity contribution >= 4 is 28.2 Å². The zero-order valence-electron chi connectivity index (χ0n) is 13.4. The zero-order valence-corrected chi connectivity index (χ0v) is 14.2. The number of para-hydroxylation sites is 1. The highest BCUT2D eigenvalue weighted by atomic mass is 32.1. The molecule has 0 radical (unpaired) electrons. The Bertz CT molecular complexity index is 1060. The van der Waals surface area contributed by atoms with E-state index in [1.165, 1.54) is 0 Å². The van der Waals surface area contributed by atoms with Gasteiger partial charge in [0.05, 0.1) is 16.6 Å². The molecule has 0 aliphatic rings. The van der Waals surface area contributed by atoms with Crippen molar-refractivity contribution in [2.45, 2.75) is 6.42 Å². The number of thiazole rings is 1. The molecule has 0 saturated carbocycles. The average molecular weight is 348 g/mol. The molecule has 0 atom stereocenters. The summed E-state index contributed by atoms with van der Waals surface area (Å²) in [5.74, 6) is 0.488. The maximum absolute atomic E-state index is 12.0. The lowest BCUT2D eigenvalue weighted by atomic mass is 10.2. The lowest BCUT2D eigenvalue weighted by Crippen LogP contribution is -2.15. The lowest BCUT2D eigenvalue weighted by Gasteiger charge is -2.05. The fourth-order valence-electron chi connectivity index (χ4n) is 2.61. The quantitative estimate of drug-likeness (QED) is 0.577. The average Bonchev–Trinajstić information content (AvgIpc) is 3.12. The summed E-state index contributed by atoms with van der Waals surface area (Å²) in [4.78, 5) is 23.9. The molecule has 25 heavy (non-hydrogen) atoms. The first-order valence-electron chi connectivity index (χ1n) is 8.02. The summed E-state index contributed by atoms with van der Waals surface area (Å²) in [6.45, 7) is 0.652. The number of fused-ring (bicyclic) bond motifs is 1. The molecule has 0 spiro atoms. The summed E-state index contributed by atoms with van der Waals surface area (Å²) in [6, 6.07) is 17.5. The van der Waals surface area contributed by atoms with Crippen LogP contribution in [0.5, 0.6) is 0 Å². The molecule has 0 unspecified atom stereocenters. The van der Waals surface area contributed by atoms with E-state index in [-0.39, 0.29) is 5.56 Å². The van der Waals surface area contributed by atoms with Crippen molar-refractivity contribution in [1.29, 1.82) is 0 Å². The van der Waals surface area contributed by atoms with Gasteiger partial charge < -0.3 is 5.32 Å². The summed E-state index contributed by atoms with van der Waals surface area (Å²) >= 11 is 1.64. The van der Waals surface area contributed by atoms with Crippen LogP contribution in [0.15, 0.2) is 64.8 Å². The van der Waals surface area contributed by atoms with Gasteiger partial charge in [0.2, 0.25) is 5.95 Å². The second-order valence-electron chi connectivity index (χ2n) is 5.62. The fraction of sp³-hybridized carbons (Fsp3) is 0.105. The van der Waals surface area contributed by atoms with Gasteiger partial charge in [0.15, 0.2) is 0 Å². The first kappa shape index (κ1) is 15.5. The molecule has 2 heterocycles. The minimum absolute atomic E-state index is 0.131. The summed E-state index contributed by atoms with van der Waals surface area (Å²) < 4.78 is 0. The molecule has 4 aromatic rings. The molecule has 0 aliphatic heterocycles. The number of aromatic nitrogens is 3. The van der Waals surface area contributed by atoms with Crippen LogP contribution in [-0.2, 0) is 6.42 Å². The van der Waals surface area contributed by atoms with Gasteiger partial charge in [-0.15, -0.1) is 11.3 Å². The Hall–Kier alpha value is -2.99. The number of H-pyrrole nitrogens is 1. The molecule has 2 aromatic carbocycles. The molecule has 4 rings (SSSR count). The van der Waals surface area contributed by atoms with Crippen LogP contribution in [-0.4, -0.2) is 21.5 Å². The molecule has 0 fully saturated rings. The normalized spacial score (nSPS) is 10.9. The SMILES string of the molecule is O=c1[nH]c(NCCc2csc(-c3ccccc3)n2)nc2ccccc12. The largest absolute Gasteiger partial charge is 0.355 e. The van der Waals surface area contributed by atoms with Gasteiger partial charge in [-0.3, -0.25) is 9.78 Å². The van der Waals surface area contributed by atoms with Crippen LogP contribution in [0.2, 0.25) is 0 Å². The Morgan fingerprint density at radius 3 is 2.68 bits per heavy atom. The Morgan fingerprint density at radius 1 is 1.00 bits per heavy atom. The number of aromatic amines is 1. The third kappa shape index (κ3) is 3.44. The van der Waals surface area contributed by atoms with E-state index in [1.807, 2.05) is 36.4 Å². The second kappa shape index (κ2) is 6.86. The predicted octanol–water partition coefficient (Wildman–Crippen LogP) is 3.70. The maximum atomic E-state index is 12.0. The van der Waals surface area contributed by atoms with E-state index >= 15 is 0 Å². The van der Waals surface area contributed by atoms with E-state index in [0.717, 1.165) is 22.7 Å². The van der Waals surface area contributed by atoms with E-state index in [0.29, 0.717) is 23.4 Å². The first-order chi connectivity index (χ1) is 12.3. The van der Waals surface area contributed by atoms with Crippen LogP contribution < -0.4 is 10.9 Å². The summed E-state index contributed by atoms with van der Waals surface area (Å²) in [6.07, 6.45) is 0.764. The van der Waals surface area contributed by atoms with Gasteiger partial charge in [0.25, 0.3) is 5.56 Å². The van der Waals surface area contributed by atoms with Crippen LogP contribution in [0.4, 0.5) is 5.95 Å². The van der Waals surface area contributed by atoms with Gasteiger partial charge in [-0.05, 0) is 12.1 Å². The Kier molecular flexibility index (Phi) is 4.26. The Morgan fingerprint density at radius 2 is 1.80 bits per heavy atom. The highest BCUT2D eigenvalue weighted by molar-refractivity contribution is 7.13. The van der Waals surface area contributed by atoms with E-state index in [1.54, 1.807) is 17.4 Å². The van der Waals surface area contributed by atoms with E-state index < -0.39 is 0 Å². The minimum atomic E-state index is -0.131. The molecular formula is C19H16N4OS. The number of benzene rings is 2. The van der Waals surface area contributed by atoms with Gasteiger partial charge in [0, 0.05) is 23.9 Å². The third-order valence-electron chi connectivity index (χ3n) is 3.86. The number of nitrogens with zero attached hydrogens (tertiary/aromatic N) is 2. The molecule has 2 N–H and O–H groups in total. The van der Waals surface area contributed by atoms with Crippen LogP contribution in [0.3, 0.4) is 0 Å². The number of nitrogens with one attached hydrogen (secondary N) is 2. The van der Waals surface area contributed by atoms with Crippen LogP contribution in [0, 0.1) is 0 Å². The van der Waals surface area contributed by atoms with Gasteiger partial charge in [0.1, 0.15) is 5.01 Å². The molecule has 6 heteroatoms. The molecule has 0 saturated heterocycles. The van der Waals surface area contributed by atoms with Gasteiger partial charge in [-0.25, -0.2) is 9.97 Å². The number of anilines is 1. The fourth-order valence-corrected chi connectivity index (χ4v) is 3.47. The maximum Gasteiger partial charge on any atom is 0.260 e. The van der Waals surface area contributed by atoms with E-state index in [4.69, 9.17) is 0 Å². The molecule has 2 aromatic heterocycles. The topological polar surface area (TPSA) is 70.7 Å². The molecule has 0 aliphatic carbocycles. The van der Waals surface area contributed by atoms with Crippen LogP contribution in [0.25, 0.3) is 21.5 Å². The number of hydrogen-bond donors (Lipinski definition) is 2. The standard InChI is InChI=1S/C19H16N4OS/c24-17-15-8-4-5-9-16(15)22-19(23-17)20-11-10-14-12-25-18(21-14)13-6-2-1-3-7-13/h1-9,12H,10-11H2,(H2,20,22,23,24). The summed E-state index contributed by atoms with van der Waals surface area (Å²) in [5, 5.41) is 6.86. The van der Waals surface area contributed by atoms with E-state index in [9.17, 15) is 4.79 Å². The van der Waals surface area contributed by atoms with Gasteiger partial charge in [-0.2, -0.15) is 0 Å². The van der Waals surface area contributed by atoms with Crippen LogP contribution >= 0.6 is 11.3 Å². The van der Waals surface area contributed by atoms with Crippen molar-refractivity contribution in [3.05, 3.63) is 76.0 Å². The molecule has 0 bridgehead atoms. The highest BCUT2D eigenvalue weighted by Crippen LogP contribution is 2.23. The molecule has 124 valence electrons. The zero-order chi connectivity index (χ0) is 17.1. The van der Waals surface area contributed by atoms with Crippen molar-refractivity contribution in [3.63, 3.8) is 0 Å². The van der Waals surface area contributed by atoms with Crippen molar-refractivity contribution in [2.24, 2.45) is 0 Å². The highest BCUT2D eigenvalue weighted by Gasteiger charge is 2.05. The smallest absolute Gasteiger partial charge is 0.260 e. The summed E-state index contributed by atoms with van der Waals surface area (Å²) in [7, 11) is 0. The minimum Gasteiger partial charge on any atom is -0.355 e. The monoisotopic (exact) mass is 348 g/mol. The second-order valence-corrected chi connectivity index (χ2v) is 6.48. The third-order valence-corrected chi connectivity index (χ3v) is 4.80. The number of hydrogen-bond acceptors (Lipinski definition) is 5. The lowest BCUT2D eigenvalue weighted by molar-refractivity contribution is 0.955. The summed E-state index contributed by atoms with van der Waals surface area (Å²) in [5.41, 5.74) is 2.72. The Labute approximate surface area is 148 Å². The van der Waals surface area contributed by atoms with Crippen molar-refractivity contribution in [1.82, 2.24) is 15.0 Å². The van der Waals surface area contributed by atoms with E-state index in [2.05, 4.69) is 37.8 Å². The molecule has 5 nitrogen and oxygen atoms in total. The van der Waals surface area contributed by atoms with Crippen molar-refractivity contribution in [3.8, 4) is 10.6 Å². The van der Waals surface area contributed by atoms with Crippen molar-refractivity contribution < 1.29 is 0 Å². The van der Waals surface area contributed by atoms with Crippen molar-refractivity contribution in [2.75, 3.05) is 11.9 Å². The van der Waals surface area contributed by atoms with Gasteiger partial charge >= 0.3 is 0 Å². The first-order valence-corrected chi connectivity index (χ1v) is 8.90. The van der Waals surface area contributed by atoms with Gasteiger partial charge in [-0.1, -0.05) is 42.5 Å².